The molecular formula is C22H23BrFNO6. The number of esters is 1. The van der Waals surface area contributed by atoms with Crippen molar-refractivity contribution in [2.45, 2.75) is 19.4 Å². The second-order valence-corrected chi connectivity index (χ2v) is 7.56. The summed E-state index contributed by atoms with van der Waals surface area (Å²) in [5, 5.41) is 0. The monoisotopic (exact) mass is 495 g/mol. The smallest absolute Gasteiger partial charge is 0.306 e. The van der Waals surface area contributed by atoms with Crippen LogP contribution in [0.4, 0.5) is 4.39 Å². The number of ketones is 1. The summed E-state index contributed by atoms with van der Waals surface area (Å²) in [5.41, 5.74) is 0.918. The Morgan fingerprint density at radius 3 is 2.32 bits per heavy atom. The Kier molecular flexibility index (Phi) is 8.99. The van der Waals surface area contributed by atoms with Crippen molar-refractivity contribution in [3.8, 4) is 11.5 Å². The fourth-order valence-electron chi connectivity index (χ4n) is 2.74. The number of carbonyl (C=O) groups is 3. The molecule has 0 fully saturated rings. The summed E-state index contributed by atoms with van der Waals surface area (Å²) in [4.78, 5) is 37.8. The molecule has 0 aromatic heterocycles. The Labute approximate surface area is 188 Å². The van der Waals surface area contributed by atoms with Crippen molar-refractivity contribution < 1.29 is 33.0 Å². The maximum atomic E-state index is 13.8. The van der Waals surface area contributed by atoms with Crippen LogP contribution in [0.5, 0.6) is 11.5 Å². The van der Waals surface area contributed by atoms with Gasteiger partial charge in [0.1, 0.15) is 5.75 Å². The first-order valence-electron chi connectivity index (χ1n) is 9.34. The lowest BCUT2D eigenvalue weighted by molar-refractivity contribution is -0.151. The van der Waals surface area contributed by atoms with Crippen LogP contribution in [0.25, 0.3) is 0 Å². The number of methoxy groups -OCH3 is 2. The zero-order chi connectivity index (χ0) is 23.0. The van der Waals surface area contributed by atoms with Crippen molar-refractivity contribution in [3.05, 3.63) is 57.8 Å². The fraction of sp³-hybridized carbons (Fsp3) is 0.318. The third-order valence-corrected chi connectivity index (χ3v) is 4.93. The number of carbonyl (C=O) groups excluding carboxylic acids is 3. The Hall–Kier alpha value is -2.94. The first-order valence-corrected chi connectivity index (χ1v) is 10.1. The SMILES string of the molecule is COc1ccc(CN(C)C(=O)COC(=O)CCC(=O)c2cc(Br)ccc2OC)cc1F. The van der Waals surface area contributed by atoms with Crippen molar-refractivity contribution in [2.75, 3.05) is 27.9 Å². The zero-order valence-corrected chi connectivity index (χ0v) is 19.0. The van der Waals surface area contributed by atoms with E-state index in [0.29, 0.717) is 21.3 Å². The molecule has 7 nitrogen and oxygen atoms in total. The number of halogens is 2. The van der Waals surface area contributed by atoms with Gasteiger partial charge in [0.2, 0.25) is 0 Å². The van der Waals surface area contributed by atoms with E-state index < -0.39 is 24.3 Å². The number of Topliss-reactive ketones (excluding diaryl/α,β-unsaturated/α-hetero) is 1. The molecule has 0 saturated heterocycles. The van der Waals surface area contributed by atoms with E-state index >= 15 is 0 Å². The summed E-state index contributed by atoms with van der Waals surface area (Å²) in [6.45, 7) is -0.333. The molecule has 166 valence electrons. The van der Waals surface area contributed by atoms with E-state index in [2.05, 4.69) is 15.9 Å². The minimum absolute atomic E-state index is 0.0825. The van der Waals surface area contributed by atoms with E-state index in [1.165, 1.54) is 38.3 Å². The summed E-state index contributed by atoms with van der Waals surface area (Å²) >= 11 is 3.29. The van der Waals surface area contributed by atoms with Gasteiger partial charge in [-0.25, -0.2) is 4.39 Å². The second kappa shape index (κ2) is 11.5. The van der Waals surface area contributed by atoms with E-state index in [-0.39, 0.29) is 30.9 Å². The molecule has 0 N–H and O–H groups in total. The molecule has 0 radical (unpaired) electrons. The van der Waals surface area contributed by atoms with Crippen molar-refractivity contribution in [2.24, 2.45) is 0 Å². The predicted molar refractivity (Wildman–Crippen MR) is 115 cm³/mol. The van der Waals surface area contributed by atoms with Crippen molar-refractivity contribution in [1.29, 1.82) is 0 Å². The van der Waals surface area contributed by atoms with E-state index in [4.69, 9.17) is 14.2 Å². The number of hydrogen-bond acceptors (Lipinski definition) is 6. The average molecular weight is 496 g/mol. The van der Waals surface area contributed by atoms with Gasteiger partial charge < -0.3 is 19.1 Å². The lowest BCUT2D eigenvalue weighted by Gasteiger charge is -2.17. The summed E-state index contributed by atoms with van der Waals surface area (Å²) in [5.74, 6) is -1.40. The molecular weight excluding hydrogens is 473 g/mol. The van der Waals surface area contributed by atoms with Gasteiger partial charge in [-0.3, -0.25) is 14.4 Å². The molecule has 1 amide bonds. The maximum absolute atomic E-state index is 13.8. The van der Waals surface area contributed by atoms with E-state index in [1.807, 2.05) is 0 Å². The Morgan fingerprint density at radius 1 is 1.00 bits per heavy atom. The molecule has 9 heteroatoms. The van der Waals surface area contributed by atoms with Gasteiger partial charge >= 0.3 is 5.97 Å². The highest BCUT2D eigenvalue weighted by molar-refractivity contribution is 9.10. The molecule has 0 spiro atoms. The normalized spacial score (nSPS) is 10.4. The fourth-order valence-corrected chi connectivity index (χ4v) is 3.10. The highest BCUT2D eigenvalue weighted by Crippen LogP contribution is 2.24. The summed E-state index contributed by atoms with van der Waals surface area (Å²) in [7, 11) is 4.34. The van der Waals surface area contributed by atoms with Crippen LogP contribution in [0.15, 0.2) is 40.9 Å². The van der Waals surface area contributed by atoms with Gasteiger partial charge in [0.25, 0.3) is 5.91 Å². The Bertz CT molecular complexity index is 965. The summed E-state index contributed by atoms with van der Waals surface area (Å²) in [6.07, 6.45) is -0.254. The number of rotatable bonds is 10. The number of ether oxygens (including phenoxy) is 3. The topological polar surface area (TPSA) is 82.1 Å². The molecule has 2 aromatic carbocycles. The van der Waals surface area contributed by atoms with Crippen LogP contribution in [0.3, 0.4) is 0 Å². The molecule has 0 atom stereocenters. The Balaban J connectivity index is 1.81. The van der Waals surface area contributed by atoms with Gasteiger partial charge in [0, 0.05) is 24.5 Å². The van der Waals surface area contributed by atoms with Crippen molar-refractivity contribution >= 4 is 33.6 Å². The lowest BCUT2D eigenvalue weighted by atomic mass is 10.1. The first-order chi connectivity index (χ1) is 14.7. The standard InChI is InChI=1S/C22H23BrFNO6/c1-25(12-14-4-7-20(30-3)17(24)10-14)21(27)13-31-22(28)9-6-18(26)16-11-15(23)5-8-19(16)29-2/h4-5,7-8,10-11H,6,9,12-13H2,1-3H3. The number of amides is 1. The van der Waals surface area contributed by atoms with E-state index in [0.717, 1.165) is 0 Å². The van der Waals surface area contributed by atoms with Gasteiger partial charge in [-0.2, -0.15) is 0 Å². The molecule has 2 aromatic rings. The third-order valence-electron chi connectivity index (χ3n) is 4.44. The number of benzene rings is 2. The molecule has 31 heavy (non-hydrogen) atoms. The van der Waals surface area contributed by atoms with Gasteiger partial charge in [-0.05, 0) is 35.9 Å². The predicted octanol–water partition coefficient (Wildman–Crippen LogP) is 3.77. The third kappa shape index (κ3) is 7.06. The molecule has 0 aliphatic heterocycles. The molecule has 2 rings (SSSR count). The maximum Gasteiger partial charge on any atom is 0.306 e. The highest BCUT2D eigenvalue weighted by atomic mass is 79.9. The van der Waals surface area contributed by atoms with Gasteiger partial charge in [-0.1, -0.05) is 22.0 Å². The largest absolute Gasteiger partial charge is 0.496 e. The molecule has 0 bridgehead atoms. The van der Waals surface area contributed by atoms with Gasteiger partial charge in [0.15, 0.2) is 24.0 Å². The average Bonchev–Trinajstić information content (AvgIpc) is 2.75. The quantitative estimate of drug-likeness (QED) is 0.368. The number of hydrogen-bond donors (Lipinski definition) is 0. The van der Waals surface area contributed by atoms with Crippen molar-refractivity contribution in [1.82, 2.24) is 4.90 Å². The number of nitrogens with zero attached hydrogens (tertiary/aromatic N) is 1. The van der Waals surface area contributed by atoms with Crippen LogP contribution in [0, 0.1) is 5.82 Å². The van der Waals surface area contributed by atoms with Crippen molar-refractivity contribution in [3.63, 3.8) is 0 Å². The van der Waals surface area contributed by atoms with Gasteiger partial charge in [0.05, 0.1) is 26.2 Å². The van der Waals surface area contributed by atoms with Crippen LogP contribution in [0.2, 0.25) is 0 Å². The van der Waals surface area contributed by atoms with E-state index in [1.54, 1.807) is 24.3 Å². The number of likely N-dealkylation sites (N-methyl/N-ethyl adjacent to an activating group) is 1. The molecule has 0 saturated carbocycles. The minimum Gasteiger partial charge on any atom is -0.496 e. The van der Waals surface area contributed by atoms with Crippen LogP contribution in [0.1, 0.15) is 28.8 Å². The zero-order valence-electron chi connectivity index (χ0n) is 17.4. The summed E-state index contributed by atoms with van der Waals surface area (Å²) in [6, 6.07) is 9.40. The Morgan fingerprint density at radius 2 is 1.68 bits per heavy atom. The first kappa shape index (κ1) is 24.3. The molecule has 0 unspecified atom stereocenters. The molecule has 0 heterocycles. The van der Waals surface area contributed by atoms with Crippen LogP contribution in [-0.4, -0.2) is 50.4 Å². The van der Waals surface area contributed by atoms with Gasteiger partial charge in [-0.15, -0.1) is 0 Å². The van der Waals surface area contributed by atoms with Crippen LogP contribution >= 0.6 is 15.9 Å². The second-order valence-electron chi connectivity index (χ2n) is 6.65. The summed E-state index contributed by atoms with van der Waals surface area (Å²) < 4.78 is 29.5. The minimum atomic E-state index is -0.667. The van der Waals surface area contributed by atoms with E-state index in [9.17, 15) is 18.8 Å². The van der Waals surface area contributed by atoms with Crippen LogP contribution in [-0.2, 0) is 20.9 Å². The van der Waals surface area contributed by atoms with Crippen LogP contribution < -0.4 is 9.47 Å². The lowest BCUT2D eigenvalue weighted by Crippen LogP contribution is -2.30. The molecule has 0 aliphatic rings. The highest BCUT2D eigenvalue weighted by Gasteiger charge is 2.17. The molecule has 0 aliphatic carbocycles.